The highest BCUT2D eigenvalue weighted by Gasteiger charge is 2.57. The van der Waals surface area contributed by atoms with Gasteiger partial charge in [-0.2, -0.15) is 4.40 Å². The fourth-order valence-electron chi connectivity index (χ4n) is 4.13. The Kier molecular flexibility index (Phi) is 3.94. The molecule has 0 radical (unpaired) electrons. The summed E-state index contributed by atoms with van der Waals surface area (Å²) in [7, 11) is 1.99. The number of carboxylic acid groups (broad SMARTS) is 1. The number of hydrogen-bond donors (Lipinski definition) is 2. The second-order valence-corrected chi connectivity index (χ2v) is 8.60. The summed E-state index contributed by atoms with van der Waals surface area (Å²) in [6.07, 6.45) is 3.69. The Morgan fingerprint density at radius 1 is 1.50 bits per heavy atom. The Hall–Kier alpha value is -1.84. The summed E-state index contributed by atoms with van der Waals surface area (Å²) in [6, 6.07) is -0.263. The van der Waals surface area contributed by atoms with Crippen LogP contribution in [0.5, 0.6) is 0 Å². The summed E-state index contributed by atoms with van der Waals surface area (Å²) in [5, 5.41) is 20.7. The maximum atomic E-state index is 12.4. The van der Waals surface area contributed by atoms with E-state index in [0.29, 0.717) is 12.0 Å². The van der Waals surface area contributed by atoms with Crippen LogP contribution in [0.2, 0.25) is 0 Å². The van der Waals surface area contributed by atoms with E-state index < -0.39 is 18.0 Å². The van der Waals surface area contributed by atoms with Gasteiger partial charge in [-0.3, -0.25) is 4.79 Å². The lowest BCUT2D eigenvalue weighted by atomic mass is 9.83. The molecular weight excluding hydrogens is 374 g/mol. The molecular formula is C17H20N3O4S2+. The van der Waals surface area contributed by atoms with E-state index >= 15 is 0 Å². The first-order chi connectivity index (χ1) is 12.3. The van der Waals surface area contributed by atoms with Crippen LogP contribution in [0, 0.1) is 12.8 Å². The number of carbonyl (C=O) groups is 2. The number of β-lactam (4-membered cyclic amide) rings is 1. The molecule has 0 saturated carbocycles. The van der Waals surface area contributed by atoms with Gasteiger partial charge in [-0.1, -0.05) is 23.1 Å². The number of carbonyl (C=O) groups excluding carboxylic acids is 1. The van der Waals surface area contributed by atoms with Gasteiger partial charge in [0.05, 0.1) is 30.0 Å². The minimum Gasteiger partial charge on any atom is -0.477 e. The summed E-state index contributed by atoms with van der Waals surface area (Å²) in [5.74, 6) is -1.91. The number of aliphatic hydroxyl groups excluding tert-OH is 1. The van der Waals surface area contributed by atoms with E-state index in [4.69, 9.17) is 0 Å². The highest BCUT2D eigenvalue weighted by atomic mass is 32.2. The molecule has 2 aromatic rings. The fraction of sp³-hybridized carbons (Fsp3) is 0.471. The van der Waals surface area contributed by atoms with E-state index in [-0.39, 0.29) is 17.6 Å². The number of aliphatic carboxylic acids is 1. The Labute approximate surface area is 158 Å². The van der Waals surface area contributed by atoms with Crippen molar-refractivity contribution in [2.75, 3.05) is 6.26 Å². The molecule has 2 aliphatic rings. The first-order valence-corrected chi connectivity index (χ1v) is 10.3. The van der Waals surface area contributed by atoms with Crippen molar-refractivity contribution >= 4 is 45.4 Å². The van der Waals surface area contributed by atoms with Crippen LogP contribution in [-0.2, 0) is 16.6 Å². The van der Waals surface area contributed by atoms with Gasteiger partial charge in [0.25, 0.3) is 6.33 Å². The van der Waals surface area contributed by atoms with Gasteiger partial charge in [0, 0.05) is 5.57 Å². The molecule has 0 unspecified atom stereocenters. The van der Waals surface area contributed by atoms with Gasteiger partial charge < -0.3 is 15.1 Å². The molecule has 1 amide bonds. The van der Waals surface area contributed by atoms with Crippen molar-refractivity contribution in [3.05, 3.63) is 22.6 Å². The van der Waals surface area contributed by atoms with Gasteiger partial charge in [0.1, 0.15) is 11.4 Å². The topological polar surface area (TPSA) is 86.1 Å². The molecule has 0 bridgehead atoms. The van der Waals surface area contributed by atoms with Crippen molar-refractivity contribution < 1.29 is 24.4 Å². The van der Waals surface area contributed by atoms with Crippen molar-refractivity contribution in [2.45, 2.75) is 37.4 Å². The van der Waals surface area contributed by atoms with Gasteiger partial charge >= 0.3 is 5.97 Å². The average molecular weight is 394 g/mol. The van der Waals surface area contributed by atoms with Crippen molar-refractivity contribution in [3.8, 4) is 0 Å². The Balaban J connectivity index is 1.86. The molecule has 7 nitrogen and oxygen atoms in total. The molecule has 0 aliphatic carbocycles. The number of carboxylic acids is 1. The molecule has 1 fully saturated rings. The second kappa shape index (κ2) is 5.83. The first-order valence-electron chi connectivity index (χ1n) is 8.30. The van der Waals surface area contributed by atoms with Gasteiger partial charge in [-0.25, -0.2) is 9.36 Å². The number of imidazole rings is 1. The minimum atomic E-state index is -1.09. The largest absolute Gasteiger partial charge is 0.477 e. The zero-order chi connectivity index (χ0) is 18.9. The lowest BCUT2D eigenvalue weighted by molar-refractivity contribution is -0.705. The van der Waals surface area contributed by atoms with Crippen LogP contribution in [0.4, 0.5) is 0 Å². The number of thioether (sulfide) groups is 1. The molecule has 4 rings (SSSR count). The van der Waals surface area contributed by atoms with Crippen LogP contribution in [0.25, 0.3) is 10.4 Å². The molecule has 4 heterocycles. The molecule has 2 N–H and O–H groups in total. The molecule has 26 heavy (non-hydrogen) atoms. The van der Waals surface area contributed by atoms with E-state index in [2.05, 4.69) is 8.97 Å². The van der Waals surface area contributed by atoms with E-state index in [0.717, 1.165) is 20.4 Å². The third-order valence-corrected chi connectivity index (χ3v) is 7.62. The van der Waals surface area contributed by atoms with E-state index in [9.17, 15) is 19.8 Å². The quantitative estimate of drug-likeness (QED) is 0.463. The second-order valence-electron chi connectivity index (χ2n) is 6.81. The molecule has 1 saturated heterocycles. The zero-order valence-corrected chi connectivity index (χ0v) is 16.5. The van der Waals surface area contributed by atoms with E-state index in [1.807, 2.05) is 26.6 Å². The number of thiazole rings is 1. The molecule has 138 valence electrons. The number of amides is 1. The Morgan fingerprint density at radius 2 is 2.19 bits per heavy atom. The SMILES string of the molecule is CSc1c2sc(C3=C(C(=O)O)N4C(=O)[C@H]([C@@H](C)O)[C@H]4C3)c(C)n2c[n+]1C. The molecule has 2 aromatic heterocycles. The molecule has 2 aliphatic heterocycles. The van der Waals surface area contributed by atoms with Gasteiger partial charge in [0.15, 0.2) is 0 Å². The van der Waals surface area contributed by atoms with Crippen LogP contribution < -0.4 is 4.57 Å². The van der Waals surface area contributed by atoms with Crippen LogP contribution in [0.15, 0.2) is 17.1 Å². The highest BCUT2D eigenvalue weighted by Crippen LogP contribution is 2.49. The van der Waals surface area contributed by atoms with Crippen molar-refractivity contribution in [3.63, 3.8) is 0 Å². The number of aliphatic hydroxyl groups is 1. The summed E-state index contributed by atoms with van der Waals surface area (Å²) in [6.45, 7) is 3.56. The maximum absolute atomic E-state index is 12.4. The number of fused-ring (bicyclic) bond motifs is 2. The predicted molar refractivity (Wildman–Crippen MR) is 97.9 cm³/mol. The van der Waals surface area contributed by atoms with E-state index in [1.54, 1.807) is 30.0 Å². The summed E-state index contributed by atoms with van der Waals surface area (Å²) in [5.41, 5.74) is 1.73. The Bertz CT molecular complexity index is 988. The van der Waals surface area contributed by atoms with Crippen molar-refractivity contribution in [1.29, 1.82) is 0 Å². The highest BCUT2D eigenvalue weighted by molar-refractivity contribution is 7.98. The van der Waals surface area contributed by atoms with Crippen molar-refractivity contribution in [2.24, 2.45) is 13.0 Å². The van der Waals surface area contributed by atoms with Gasteiger partial charge in [-0.05, 0) is 26.5 Å². The number of rotatable bonds is 4. The lowest BCUT2D eigenvalue weighted by Gasteiger charge is -2.44. The van der Waals surface area contributed by atoms with Gasteiger partial charge in [-0.15, -0.1) is 0 Å². The minimum absolute atomic E-state index is 0.0691. The third kappa shape index (κ3) is 2.14. The summed E-state index contributed by atoms with van der Waals surface area (Å²) >= 11 is 3.20. The molecule has 0 spiro atoms. The summed E-state index contributed by atoms with van der Waals surface area (Å²) in [4.78, 5) is 27.6. The van der Waals surface area contributed by atoms with Crippen LogP contribution in [0.1, 0.15) is 23.9 Å². The van der Waals surface area contributed by atoms with E-state index in [1.165, 1.54) is 4.90 Å². The Morgan fingerprint density at radius 3 is 2.77 bits per heavy atom. The number of hydrogen-bond acceptors (Lipinski definition) is 5. The third-order valence-electron chi connectivity index (χ3n) is 5.30. The normalized spacial score (nSPS) is 23.6. The molecule has 0 aromatic carbocycles. The number of nitrogens with zero attached hydrogens (tertiary/aromatic N) is 3. The van der Waals surface area contributed by atoms with Crippen molar-refractivity contribution in [1.82, 2.24) is 9.30 Å². The van der Waals surface area contributed by atoms with Crippen LogP contribution in [0.3, 0.4) is 0 Å². The number of aromatic nitrogens is 2. The molecule has 3 atom stereocenters. The monoisotopic (exact) mass is 394 g/mol. The lowest BCUT2D eigenvalue weighted by Crippen LogP contribution is -2.61. The first kappa shape index (κ1) is 17.6. The fourth-order valence-corrected chi connectivity index (χ4v) is 6.37. The predicted octanol–water partition coefficient (Wildman–Crippen LogP) is 1.26. The molecule has 9 heteroatoms. The zero-order valence-electron chi connectivity index (χ0n) is 14.9. The smallest absolute Gasteiger partial charge is 0.352 e. The summed E-state index contributed by atoms with van der Waals surface area (Å²) < 4.78 is 4.12. The van der Waals surface area contributed by atoms with Gasteiger partial charge in [0.2, 0.25) is 15.8 Å². The number of aryl methyl sites for hydroxylation is 2. The van der Waals surface area contributed by atoms with Crippen LogP contribution >= 0.6 is 23.1 Å². The van der Waals surface area contributed by atoms with Crippen LogP contribution in [-0.4, -0.2) is 49.8 Å². The average Bonchev–Trinajstić information content (AvgIpc) is 3.15. The standard InChI is InChI=1S/C17H19N3O4S2/c1-7-13(26-16-15(25-4)18(3)6-19(7)16)9-5-10-11(8(2)21)14(22)20(10)12(9)17(23)24/h6,8,10-11,21H,5H2,1-4H3/p+1/t8-,10-,11-/m1/s1. The maximum Gasteiger partial charge on any atom is 0.352 e.